The van der Waals surface area contributed by atoms with E-state index >= 15 is 0 Å². The minimum atomic E-state index is -0.0547. The van der Waals surface area contributed by atoms with Crippen molar-refractivity contribution in [2.45, 2.75) is 31.8 Å². The fourth-order valence-corrected chi connectivity index (χ4v) is 1.79. The summed E-state index contributed by atoms with van der Waals surface area (Å²) in [4.78, 5) is 15.4. The zero-order valence-corrected chi connectivity index (χ0v) is 9.58. The van der Waals surface area contributed by atoms with E-state index in [4.69, 9.17) is 5.73 Å². The average Bonchev–Trinajstić information content (AvgIpc) is 2.10. The van der Waals surface area contributed by atoms with Gasteiger partial charge in [-0.2, -0.15) is 0 Å². The number of hydrogen-bond acceptors (Lipinski definition) is 3. The minimum absolute atomic E-state index is 0.0341. The summed E-state index contributed by atoms with van der Waals surface area (Å²) in [5.74, 6) is 0.156. The van der Waals surface area contributed by atoms with Gasteiger partial charge in [0.15, 0.2) is 0 Å². The van der Waals surface area contributed by atoms with Crippen molar-refractivity contribution < 1.29 is 4.79 Å². The molecule has 14 heavy (non-hydrogen) atoms. The summed E-state index contributed by atoms with van der Waals surface area (Å²) in [5, 5.41) is 0. The standard InChI is InChI=1S/C10H21N3O/c1-5-10(11)6-13(7-10)8(2)9(14)12(3)4/h8H,5-7,11H2,1-4H3. The lowest BCUT2D eigenvalue weighted by atomic mass is 9.87. The summed E-state index contributed by atoms with van der Waals surface area (Å²) >= 11 is 0. The second-order valence-corrected chi connectivity index (χ2v) is 4.53. The molecule has 1 fully saturated rings. The lowest BCUT2D eigenvalue weighted by Gasteiger charge is -2.50. The van der Waals surface area contributed by atoms with Crippen LogP contribution in [0, 0.1) is 0 Å². The van der Waals surface area contributed by atoms with Crippen LogP contribution < -0.4 is 5.73 Å². The van der Waals surface area contributed by atoms with Crippen LogP contribution in [0.5, 0.6) is 0 Å². The first-order valence-electron chi connectivity index (χ1n) is 5.14. The van der Waals surface area contributed by atoms with Crippen LogP contribution >= 0.6 is 0 Å². The third-order valence-electron chi connectivity index (χ3n) is 3.09. The van der Waals surface area contributed by atoms with Gasteiger partial charge < -0.3 is 10.6 Å². The zero-order chi connectivity index (χ0) is 10.9. The maximum Gasteiger partial charge on any atom is 0.239 e. The topological polar surface area (TPSA) is 49.6 Å². The Kier molecular flexibility index (Phi) is 3.17. The SMILES string of the molecule is CCC1(N)CN(C(C)C(=O)N(C)C)C1. The van der Waals surface area contributed by atoms with Gasteiger partial charge in [0.05, 0.1) is 6.04 Å². The van der Waals surface area contributed by atoms with Gasteiger partial charge in [-0.05, 0) is 13.3 Å². The predicted molar refractivity (Wildman–Crippen MR) is 56.9 cm³/mol. The Bertz CT molecular complexity index is 221. The quantitative estimate of drug-likeness (QED) is 0.690. The number of nitrogens with two attached hydrogens (primary N) is 1. The van der Waals surface area contributed by atoms with Gasteiger partial charge in [-0.25, -0.2) is 0 Å². The molecule has 1 unspecified atom stereocenters. The minimum Gasteiger partial charge on any atom is -0.347 e. The van der Waals surface area contributed by atoms with E-state index in [1.54, 1.807) is 19.0 Å². The summed E-state index contributed by atoms with van der Waals surface area (Å²) in [6.07, 6.45) is 0.979. The van der Waals surface area contributed by atoms with Crippen molar-refractivity contribution in [1.29, 1.82) is 0 Å². The summed E-state index contributed by atoms with van der Waals surface area (Å²) in [6.45, 7) is 5.71. The average molecular weight is 199 g/mol. The molecule has 0 aromatic rings. The van der Waals surface area contributed by atoms with Crippen molar-refractivity contribution >= 4 is 5.91 Å². The maximum absolute atomic E-state index is 11.6. The molecule has 0 bridgehead atoms. The molecule has 1 amide bonds. The van der Waals surface area contributed by atoms with E-state index in [2.05, 4.69) is 11.8 Å². The number of likely N-dealkylation sites (tertiary alicyclic amines) is 1. The van der Waals surface area contributed by atoms with Crippen LogP contribution in [0.2, 0.25) is 0 Å². The Hall–Kier alpha value is -0.610. The van der Waals surface area contributed by atoms with E-state index in [9.17, 15) is 4.79 Å². The zero-order valence-electron chi connectivity index (χ0n) is 9.58. The lowest BCUT2D eigenvalue weighted by Crippen LogP contribution is -2.70. The number of carbonyl (C=O) groups is 1. The molecule has 1 atom stereocenters. The van der Waals surface area contributed by atoms with Crippen molar-refractivity contribution in [2.75, 3.05) is 27.2 Å². The van der Waals surface area contributed by atoms with Crippen LogP contribution in [-0.2, 0) is 4.79 Å². The fourth-order valence-electron chi connectivity index (χ4n) is 1.79. The molecule has 1 aliphatic rings. The van der Waals surface area contributed by atoms with E-state index in [0.29, 0.717) is 0 Å². The van der Waals surface area contributed by atoms with Crippen molar-refractivity contribution in [3.8, 4) is 0 Å². The second-order valence-electron chi connectivity index (χ2n) is 4.53. The molecule has 4 heteroatoms. The van der Waals surface area contributed by atoms with E-state index in [-0.39, 0.29) is 17.5 Å². The highest BCUT2D eigenvalue weighted by Gasteiger charge is 2.41. The highest BCUT2D eigenvalue weighted by atomic mass is 16.2. The second kappa shape index (κ2) is 3.87. The van der Waals surface area contributed by atoms with Gasteiger partial charge in [0.2, 0.25) is 5.91 Å². The highest BCUT2D eigenvalue weighted by Crippen LogP contribution is 2.23. The largest absolute Gasteiger partial charge is 0.347 e. The highest BCUT2D eigenvalue weighted by molar-refractivity contribution is 5.81. The molecule has 0 aromatic heterocycles. The van der Waals surface area contributed by atoms with Gasteiger partial charge in [-0.15, -0.1) is 0 Å². The molecule has 1 saturated heterocycles. The summed E-state index contributed by atoms with van der Waals surface area (Å²) in [6, 6.07) is -0.0341. The first-order chi connectivity index (χ1) is 6.39. The molecule has 0 radical (unpaired) electrons. The Labute approximate surface area is 86.0 Å². The molecular formula is C10H21N3O. The smallest absolute Gasteiger partial charge is 0.239 e. The maximum atomic E-state index is 11.6. The van der Waals surface area contributed by atoms with E-state index in [0.717, 1.165) is 19.5 Å². The number of hydrogen-bond donors (Lipinski definition) is 1. The molecule has 0 aliphatic carbocycles. The first-order valence-corrected chi connectivity index (χ1v) is 5.14. The number of amides is 1. The van der Waals surface area contributed by atoms with Crippen molar-refractivity contribution in [3.05, 3.63) is 0 Å². The van der Waals surface area contributed by atoms with Crippen LogP contribution in [-0.4, -0.2) is 54.5 Å². The molecule has 2 N–H and O–H groups in total. The number of likely N-dealkylation sites (N-methyl/N-ethyl adjacent to an activating group) is 1. The molecule has 1 heterocycles. The molecule has 1 aliphatic heterocycles. The molecule has 0 aromatic carbocycles. The third kappa shape index (κ3) is 2.07. The van der Waals surface area contributed by atoms with Crippen LogP contribution in [0.4, 0.5) is 0 Å². The monoisotopic (exact) mass is 199 g/mol. The van der Waals surface area contributed by atoms with Gasteiger partial charge >= 0.3 is 0 Å². The molecular weight excluding hydrogens is 178 g/mol. The van der Waals surface area contributed by atoms with Crippen LogP contribution in [0.25, 0.3) is 0 Å². The summed E-state index contributed by atoms with van der Waals surface area (Å²) in [5.41, 5.74) is 5.99. The Morgan fingerprint density at radius 1 is 1.57 bits per heavy atom. The predicted octanol–water partition coefficient (Wildman–Crippen LogP) is -0.114. The molecule has 4 nitrogen and oxygen atoms in total. The van der Waals surface area contributed by atoms with E-state index in [1.165, 1.54) is 0 Å². The molecule has 0 spiro atoms. The Morgan fingerprint density at radius 3 is 2.43 bits per heavy atom. The number of rotatable bonds is 3. The van der Waals surface area contributed by atoms with Crippen LogP contribution in [0.3, 0.4) is 0 Å². The van der Waals surface area contributed by atoms with E-state index in [1.807, 2.05) is 6.92 Å². The summed E-state index contributed by atoms with van der Waals surface area (Å²) in [7, 11) is 3.57. The molecule has 1 rings (SSSR count). The van der Waals surface area contributed by atoms with Gasteiger partial charge in [0, 0.05) is 32.7 Å². The van der Waals surface area contributed by atoms with Gasteiger partial charge in [-0.3, -0.25) is 9.69 Å². The fraction of sp³-hybridized carbons (Fsp3) is 0.900. The number of nitrogens with zero attached hydrogens (tertiary/aromatic N) is 2. The first kappa shape index (κ1) is 11.5. The van der Waals surface area contributed by atoms with Gasteiger partial charge in [-0.1, -0.05) is 6.92 Å². The Morgan fingerprint density at radius 2 is 2.07 bits per heavy atom. The summed E-state index contributed by atoms with van der Waals surface area (Å²) < 4.78 is 0. The third-order valence-corrected chi connectivity index (χ3v) is 3.09. The van der Waals surface area contributed by atoms with Crippen molar-refractivity contribution in [1.82, 2.24) is 9.80 Å². The molecule has 82 valence electrons. The van der Waals surface area contributed by atoms with Gasteiger partial charge in [0.1, 0.15) is 0 Å². The van der Waals surface area contributed by atoms with Crippen molar-refractivity contribution in [2.24, 2.45) is 5.73 Å². The van der Waals surface area contributed by atoms with Crippen LogP contribution in [0.15, 0.2) is 0 Å². The van der Waals surface area contributed by atoms with E-state index < -0.39 is 0 Å². The molecule has 0 saturated carbocycles. The lowest BCUT2D eigenvalue weighted by molar-refractivity contribution is -0.137. The Balaban J connectivity index is 2.44. The van der Waals surface area contributed by atoms with Crippen molar-refractivity contribution in [3.63, 3.8) is 0 Å². The number of carbonyl (C=O) groups excluding carboxylic acids is 1. The normalized spacial score (nSPS) is 22.6. The van der Waals surface area contributed by atoms with Gasteiger partial charge in [0.25, 0.3) is 0 Å². The van der Waals surface area contributed by atoms with Crippen LogP contribution in [0.1, 0.15) is 20.3 Å².